The molecule has 5 rings (SSSR count). The van der Waals surface area contributed by atoms with Crippen LogP contribution in [0.1, 0.15) is 16.9 Å². The summed E-state index contributed by atoms with van der Waals surface area (Å²) in [5.41, 5.74) is -0.252. The number of methoxy groups -OCH3 is 2. The number of halogens is 3. The summed E-state index contributed by atoms with van der Waals surface area (Å²) in [6.07, 6.45) is -1.57. The Morgan fingerprint density at radius 3 is 2.58 bits per heavy atom. The first-order chi connectivity index (χ1) is 17.3. The lowest BCUT2D eigenvalue weighted by molar-refractivity contribution is -0.152. The molecular weight excluding hydrogens is 477 g/mol. The first-order valence-corrected chi connectivity index (χ1v) is 11.0. The van der Waals surface area contributed by atoms with E-state index in [9.17, 15) is 18.0 Å². The van der Waals surface area contributed by atoms with Crippen LogP contribution in [0.25, 0.3) is 22.1 Å². The van der Waals surface area contributed by atoms with Crippen molar-refractivity contribution in [2.75, 3.05) is 21.0 Å². The Hall–Kier alpha value is -4.05. The molecule has 0 fully saturated rings. The van der Waals surface area contributed by atoms with Gasteiger partial charge >= 0.3 is 6.18 Å². The highest BCUT2D eigenvalue weighted by molar-refractivity contribution is 5.87. The van der Waals surface area contributed by atoms with Crippen LogP contribution < -0.4 is 19.6 Å². The van der Waals surface area contributed by atoms with Crippen molar-refractivity contribution in [3.05, 3.63) is 82.0 Å². The molecule has 186 valence electrons. The van der Waals surface area contributed by atoms with Crippen LogP contribution in [0.5, 0.6) is 17.2 Å². The van der Waals surface area contributed by atoms with Crippen molar-refractivity contribution in [1.29, 1.82) is 0 Å². The number of fused-ring (bicyclic) bond motifs is 3. The first kappa shape index (κ1) is 23.7. The van der Waals surface area contributed by atoms with Crippen LogP contribution >= 0.6 is 0 Å². The molecule has 0 unspecified atom stereocenters. The van der Waals surface area contributed by atoms with E-state index in [1.807, 2.05) is 11.0 Å². The standard InChI is InChI=1S/C26H21F3N2O5/c1-33-20-7-5-16(10-21(20)34-2)22-23(32)17-6-8-19-18(24(17)36-25(22)26(27,28)29)13-31(14-35-19)12-15-4-3-9-30-11-15/h3-11H,12-14H2,1-2H3. The normalized spacial score (nSPS) is 13.8. The summed E-state index contributed by atoms with van der Waals surface area (Å²) in [4.78, 5) is 19.5. The summed E-state index contributed by atoms with van der Waals surface area (Å²) in [5, 5.41) is 0.0263. The average Bonchev–Trinajstić information content (AvgIpc) is 2.88. The molecular formula is C26H21F3N2O5. The van der Waals surface area contributed by atoms with Crippen molar-refractivity contribution >= 4 is 11.0 Å². The van der Waals surface area contributed by atoms with Crippen molar-refractivity contribution in [1.82, 2.24) is 9.88 Å². The van der Waals surface area contributed by atoms with E-state index < -0.39 is 22.9 Å². The third kappa shape index (κ3) is 4.24. The second-order valence-corrected chi connectivity index (χ2v) is 8.24. The van der Waals surface area contributed by atoms with Crippen molar-refractivity contribution in [2.45, 2.75) is 19.3 Å². The minimum atomic E-state index is -4.93. The zero-order chi connectivity index (χ0) is 25.4. The minimum Gasteiger partial charge on any atom is -0.493 e. The highest BCUT2D eigenvalue weighted by atomic mass is 19.4. The smallest absolute Gasteiger partial charge is 0.450 e. The van der Waals surface area contributed by atoms with Crippen LogP contribution in [0, 0.1) is 0 Å². The Morgan fingerprint density at radius 2 is 1.89 bits per heavy atom. The fraction of sp³-hybridized carbons (Fsp3) is 0.231. The van der Waals surface area contributed by atoms with Crippen LogP contribution in [0.2, 0.25) is 0 Å². The number of aromatic nitrogens is 1. The van der Waals surface area contributed by atoms with Crippen LogP contribution in [0.3, 0.4) is 0 Å². The van der Waals surface area contributed by atoms with E-state index in [4.69, 9.17) is 18.6 Å². The number of pyridine rings is 1. The predicted octanol–water partition coefficient (Wildman–Crippen LogP) is 5.24. The maximum atomic E-state index is 14.2. The zero-order valence-corrected chi connectivity index (χ0v) is 19.4. The summed E-state index contributed by atoms with van der Waals surface area (Å²) in [6.45, 7) is 0.925. The molecule has 2 aromatic heterocycles. The average molecular weight is 498 g/mol. The lowest BCUT2D eigenvalue weighted by Gasteiger charge is -2.29. The Morgan fingerprint density at radius 1 is 1.08 bits per heavy atom. The van der Waals surface area contributed by atoms with Gasteiger partial charge in [-0.15, -0.1) is 0 Å². The topological polar surface area (TPSA) is 74.0 Å². The summed E-state index contributed by atoms with van der Waals surface area (Å²) in [6, 6.07) is 10.8. The number of rotatable bonds is 5. The van der Waals surface area contributed by atoms with Gasteiger partial charge in [0.2, 0.25) is 11.2 Å². The molecule has 36 heavy (non-hydrogen) atoms. The van der Waals surface area contributed by atoms with Gasteiger partial charge in [0.1, 0.15) is 18.1 Å². The number of alkyl halides is 3. The molecule has 2 aromatic carbocycles. The Balaban J connectivity index is 1.67. The fourth-order valence-corrected chi connectivity index (χ4v) is 4.32. The summed E-state index contributed by atoms with van der Waals surface area (Å²) >= 11 is 0. The lowest BCUT2D eigenvalue weighted by Crippen LogP contribution is -2.32. The van der Waals surface area contributed by atoms with E-state index in [1.165, 1.54) is 38.5 Å². The highest BCUT2D eigenvalue weighted by Crippen LogP contribution is 2.41. The summed E-state index contributed by atoms with van der Waals surface area (Å²) < 4.78 is 64.4. The maximum absolute atomic E-state index is 14.2. The van der Waals surface area contributed by atoms with Crippen LogP contribution in [0.4, 0.5) is 13.2 Å². The first-order valence-electron chi connectivity index (χ1n) is 11.0. The quantitative estimate of drug-likeness (QED) is 0.372. The third-order valence-electron chi connectivity index (χ3n) is 5.96. The van der Waals surface area contributed by atoms with E-state index in [0.717, 1.165) is 5.56 Å². The van der Waals surface area contributed by atoms with Gasteiger partial charge in [-0.3, -0.25) is 14.7 Å². The molecule has 3 heterocycles. The highest BCUT2D eigenvalue weighted by Gasteiger charge is 2.40. The molecule has 10 heteroatoms. The summed E-state index contributed by atoms with van der Waals surface area (Å²) in [7, 11) is 2.77. The van der Waals surface area contributed by atoms with Gasteiger partial charge in [0.15, 0.2) is 11.5 Å². The van der Waals surface area contributed by atoms with E-state index >= 15 is 0 Å². The van der Waals surface area contributed by atoms with Gasteiger partial charge < -0.3 is 18.6 Å². The molecule has 0 aliphatic carbocycles. The second kappa shape index (κ2) is 9.19. The van der Waals surface area contributed by atoms with E-state index in [1.54, 1.807) is 24.5 Å². The number of hydrogen-bond donors (Lipinski definition) is 0. The van der Waals surface area contributed by atoms with Crippen molar-refractivity contribution in [3.8, 4) is 28.4 Å². The zero-order valence-electron chi connectivity index (χ0n) is 19.4. The second-order valence-electron chi connectivity index (χ2n) is 8.24. The molecule has 0 saturated carbocycles. The molecule has 0 bridgehead atoms. The minimum absolute atomic E-state index is 0.00259. The molecule has 1 aliphatic rings. The van der Waals surface area contributed by atoms with E-state index in [0.29, 0.717) is 23.6 Å². The maximum Gasteiger partial charge on any atom is 0.450 e. The van der Waals surface area contributed by atoms with Gasteiger partial charge in [-0.05, 0) is 41.5 Å². The SMILES string of the molecule is COc1ccc(-c2c(C(F)(F)F)oc3c4c(ccc3c2=O)OCN(Cc2cccnc2)C4)cc1OC. The monoisotopic (exact) mass is 498 g/mol. The molecule has 0 atom stereocenters. The number of hydrogen-bond acceptors (Lipinski definition) is 7. The van der Waals surface area contributed by atoms with Gasteiger partial charge in [-0.25, -0.2) is 0 Å². The largest absolute Gasteiger partial charge is 0.493 e. The molecule has 7 nitrogen and oxygen atoms in total. The van der Waals surface area contributed by atoms with Crippen LogP contribution in [-0.2, 0) is 19.3 Å². The lowest BCUT2D eigenvalue weighted by atomic mass is 9.99. The van der Waals surface area contributed by atoms with Crippen LogP contribution in [-0.4, -0.2) is 30.8 Å². The Kier molecular flexibility index (Phi) is 6.05. The molecule has 0 N–H and O–H groups in total. The summed E-state index contributed by atoms with van der Waals surface area (Å²) in [5.74, 6) is -0.502. The van der Waals surface area contributed by atoms with Gasteiger partial charge in [-0.2, -0.15) is 13.2 Å². The molecule has 1 aliphatic heterocycles. The van der Waals surface area contributed by atoms with Gasteiger partial charge in [0.05, 0.1) is 30.7 Å². The van der Waals surface area contributed by atoms with Gasteiger partial charge in [0.25, 0.3) is 0 Å². The number of benzene rings is 2. The van der Waals surface area contributed by atoms with Crippen LogP contribution in [0.15, 0.2) is 64.1 Å². The van der Waals surface area contributed by atoms with Gasteiger partial charge in [0, 0.05) is 25.5 Å². The Bertz CT molecular complexity index is 1490. The van der Waals surface area contributed by atoms with Crippen molar-refractivity contribution in [3.63, 3.8) is 0 Å². The molecule has 0 spiro atoms. The molecule has 0 radical (unpaired) electrons. The molecule has 0 amide bonds. The van der Waals surface area contributed by atoms with Crippen molar-refractivity contribution in [2.24, 2.45) is 0 Å². The Labute approximate surface area is 203 Å². The van der Waals surface area contributed by atoms with E-state index in [-0.39, 0.29) is 35.6 Å². The number of nitrogens with zero attached hydrogens (tertiary/aromatic N) is 2. The fourth-order valence-electron chi connectivity index (χ4n) is 4.32. The molecule has 0 saturated heterocycles. The van der Waals surface area contributed by atoms with E-state index in [2.05, 4.69) is 4.98 Å². The number of ether oxygens (including phenoxy) is 3. The predicted molar refractivity (Wildman–Crippen MR) is 125 cm³/mol. The van der Waals surface area contributed by atoms with Gasteiger partial charge in [-0.1, -0.05) is 12.1 Å². The third-order valence-corrected chi connectivity index (χ3v) is 5.96. The molecule has 4 aromatic rings. The van der Waals surface area contributed by atoms with Crippen molar-refractivity contribution < 1.29 is 31.8 Å².